The molecule has 110 valence electrons. The maximum atomic E-state index is 12.3. The second-order valence-electron chi connectivity index (χ2n) is 4.16. The number of ether oxygens (including phenoxy) is 2. The predicted molar refractivity (Wildman–Crippen MR) is 86.7 cm³/mol. The Kier molecular flexibility index (Phi) is 5.09. The van der Waals surface area contributed by atoms with Crippen molar-refractivity contribution < 1.29 is 14.3 Å². The van der Waals surface area contributed by atoms with Crippen LogP contribution in [0, 0.1) is 0 Å². The zero-order valence-corrected chi connectivity index (χ0v) is 13.8. The number of nitrogens with one attached hydrogen (secondary N) is 1. The lowest BCUT2D eigenvalue weighted by atomic mass is 10.2. The van der Waals surface area contributed by atoms with E-state index >= 15 is 0 Å². The van der Waals surface area contributed by atoms with Gasteiger partial charge in [-0.1, -0.05) is 17.7 Å². The monoisotopic (exact) mass is 369 g/mol. The van der Waals surface area contributed by atoms with Crippen LogP contribution < -0.4 is 14.8 Å². The number of amides is 1. The lowest BCUT2D eigenvalue weighted by Crippen LogP contribution is -2.12. The lowest BCUT2D eigenvalue weighted by Gasteiger charge is -2.11. The molecule has 21 heavy (non-hydrogen) atoms. The molecule has 0 radical (unpaired) electrons. The summed E-state index contributed by atoms with van der Waals surface area (Å²) in [5.41, 5.74) is 0.945. The largest absolute Gasteiger partial charge is 0.497 e. The van der Waals surface area contributed by atoms with Gasteiger partial charge in [0.05, 0.1) is 24.8 Å². The first-order valence-electron chi connectivity index (χ1n) is 6.03. The molecule has 0 aliphatic carbocycles. The van der Waals surface area contributed by atoms with Crippen LogP contribution in [0.2, 0.25) is 5.02 Å². The van der Waals surface area contributed by atoms with E-state index in [1.54, 1.807) is 50.6 Å². The number of carbonyl (C=O) groups excluding carboxylic acids is 1. The van der Waals surface area contributed by atoms with Crippen LogP contribution >= 0.6 is 27.5 Å². The van der Waals surface area contributed by atoms with Crippen LogP contribution in [-0.4, -0.2) is 20.1 Å². The molecule has 0 aromatic heterocycles. The van der Waals surface area contributed by atoms with Crippen molar-refractivity contribution in [2.24, 2.45) is 0 Å². The summed E-state index contributed by atoms with van der Waals surface area (Å²) in [6.45, 7) is 0. The summed E-state index contributed by atoms with van der Waals surface area (Å²) in [5, 5.41) is 3.14. The third-order valence-corrected chi connectivity index (χ3v) is 4.10. The molecule has 2 aromatic carbocycles. The van der Waals surface area contributed by atoms with Gasteiger partial charge in [-0.3, -0.25) is 4.79 Å². The van der Waals surface area contributed by atoms with E-state index in [1.807, 2.05) is 0 Å². The molecule has 1 amide bonds. The fraction of sp³-hybridized carbons (Fsp3) is 0.133. The van der Waals surface area contributed by atoms with E-state index in [2.05, 4.69) is 21.2 Å². The second-order valence-corrected chi connectivity index (χ2v) is 5.39. The van der Waals surface area contributed by atoms with E-state index in [0.29, 0.717) is 32.2 Å². The van der Waals surface area contributed by atoms with Crippen molar-refractivity contribution in [1.29, 1.82) is 0 Å². The average molecular weight is 371 g/mol. The van der Waals surface area contributed by atoms with Gasteiger partial charge < -0.3 is 14.8 Å². The second kappa shape index (κ2) is 6.83. The molecule has 0 atom stereocenters. The molecular formula is C15H13BrClNO3. The molecule has 0 heterocycles. The van der Waals surface area contributed by atoms with Crippen LogP contribution in [0.5, 0.6) is 11.5 Å². The van der Waals surface area contributed by atoms with Crippen molar-refractivity contribution in [3.05, 3.63) is 51.5 Å². The molecule has 0 saturated carbocycles. The van der Waals surface area contributed by atoms with E-state index in [-0.39, 0.29) is 5.91 Å². The number of hydrogen-bond acceptors (Lipinski definition) is 3. The van der Waals surface area contributed by atoms with Crippen molar-refractivity contribution in [2.75, 3.05) is 19.5 Å². The molecule has 4 nitrogen and oxygen atoms in total. The minimum absolute atomic E-state index is 0.309. The van der Waals surface area contributed by atoms with Crippen LogP contribution in [0.3, 0.4) is 0 Å². The minimum atomic E-state index is -0.309. The SMILES string of the molecule is COc1cc(NC(=O)c2cccc(Br)c2Cl)cc(OC)c1. The molecule has 6 heteroatoms. The first-order valence-corrected chi connectivity index (χ1v) is 7.20. The minimum Gasteiger partial charge on any atom is -0.497 e. The molecule has 0 saturated heterocycles. The Morgan fingerprint density at radius 1 is 1.14 bits per heavy atom. The first kappa shape index (κ1) is 15.7. The molecule has 0 unspecified atom stereocenters. The van der Waals surface area contributed by atoms with Crippen LogP contribution in [0.15, 0.2) is 40.9 Å². The number of rotatable bonds is 4. The fourth-order valence-corrected chi connectivity index (χ4v) is 2.34. The Bertz CT molecular complexity index is 654. The van der Waals surface area contributed by atoms with E-state index in [0.717, 1.165) is 0 Å². The Hall–Kier alpha value is -1.72. The summed E-state index contributed by atoms with van der Waals surface area (Å²) in [5.74, 6) is 0.867. The molecule has 0 bridgehead atoms. The number of methoxy groups -OCH3 is 2. The van der Waals surface area contributed by atoms with Gasteiger partial charge in [0.25, 0.3) is 5.91 Å². The number of halogens is 2. The number of benzene rings is 2. The van der Waals surface area contributed by atoms with Gasteiger partial charge in [0, 0.05) is 28.4 Å². The molecule has 0 aliphatic heterocycles. The Morgan fingerprint density at radius 3 is 2.33 bits per heavy atom. The molecule has 0 fully saturated rings. The van der Waals surface area contributed by atoms with E-state index in [1.165, 1.54) is 0 Å². The van der Waals surface area contributed by atoms with Crippen LogP contribution in [-0.2, 0) is 0 Å². The zero-order chi connectivity index (χ0) is 15.4. The van der Waals surface area contributed by atoms with Gasteiger partial charge in [-0.05, 0) is 28.1 Å². The quantitative estimate of drug-likeness (QED) is 0.869. The summed E-state index contributed by atoms with van der Waals surface area (Å²) in [6.07, 6.45) is 0. The van der Waals surface area contributed by atoms with Crippen LogP contribution in [0.1, 0.15) is 10.4 Å². The Morgan fingerprint density at radius 2 is 1.76 bits per heavy atom. The van der Waals surface area contributed by atoms with E-state index in [4.69, 9.17) is 21.1 Å². The predicted octanol–water partition coefficient (Wildman–Crippen LogP) is 4.37. The summed E-state index contributed by atoms with van der Waals surface area (Å²) < 4.78 is 11.0. The van der Waals surface area contributed by atoms with Crippen molar-refractivity contribution in [3.8, 4) is 11.5 Å². The van der Waals surface area contributed by atoms with Gasteiger partial charge in [-0.25, -0.2) is 0 Å². The normalized spacial score (nSPS) is 10.1. The average Bonchev–Trinajstić information content (AvgIpc) is 2.49. The maximum Gasteiger partial charge on any atom is 0.257 e. The highest BCUT2D eigenvalue weighted by Gasteiger charge is 2.13. The molecule has 1 N–H and O–H groups in total. The number of anilines is 1. The van der Waals surface area contributed by atoms with Gasteiger partial charge >= 0.3 is 0 Å². The van der Waals surface area contributed by atoms with Crippen molar-refractivity contribution >= 4 is 39.1 Å². The highest BCUT2D eigenvalue weighted by molar-refractivity contribution is 9.10. The van der Waals surface area contributed by atoms with Gasteiger partial charge in [0.1, 0.15) is 11.5 Å². The molecule has 2 rings (SSSR count). The van der Waals surface area contributed by atoms with Gasteiger partial charge in [0.2, 0.25) is 0 Å². The third-order valence-electron chi connectivity index (χ3n) is 2.81. The highest BCUT2D eigenvalue weighted by atomic mass is 79.9. The molecule has 2 aromatic rings. The number of carbonyl (C=O) groups is 1. The van der Waals surface area contributed by atoms with Gasteiger partial charge in [0.15, 0.2) is 0 Å². The van der Waals surface area contributed by atoms with Crippen LogP contribution in [0.25, 0.3) is 0 Å². The summed E-state index contributed by atoms with van der Waals surface area (Å²) in [6, 6.07) is 10.3. The maximum absolute atomic E-state index is 12.3. The highest BCUT2D eigenvalue weighted by Crippen LogP contribution is 2.29. The van der Waals surface area contributed by atoms with Crippen molar-refractivity contribution in [1.82, 2.24) is 0 Å². The Labute approximate surface area is 136 Å². The molecule has 0 spiro atoms. The van der Waals surface area contributed by atoms with E-state index < -0.39 is 0 Å². The first-order chi connectivity index (χ1) is 10.0. The molecular weight excluding hydrogens is 358 g/mol. The number of hydrogen-bond donors (Lipinski definition) is 1. The summed E-state index contributed by atoms with van der Waals surface area (Å²) in [4.78, 5) is 12.3. The summed E-state index contributed by atoms with van der Waals surface area (Å²) in [7, 11) is 3.09. The zero-order valence-electron chi connectivity index (χ0n) is 11.4. The van der Waals surface area contributed by atoms with Gasteiger partial charge in [-0.2, -0.15) is 0 Å². The standard InChI is InChI=1S/C15H13BrClNO3/c1-20-10-6-9(7-11(8-10)21-2)18-15(19)12-4-3-5-13(16)14(12)17/h3-8H,1-2H3,(H,18,19). The lowest BCUT2D eigenvalue weighted by molar-refractivity contribution is 0.102. The van der Waals surface area contributed by atoms with Crippen molar-refractivity contribution in [2.45, 2.75) is 0 Å². The van der Waals surface area contributed by atoms with E-state index in [9.17, 15) is 4.79 Å². The smallest absolute Gasteiger partial charge is 0.257 e. The topological polar surface area (TPSA) is 47.6 Å². The Balaban J connectivity index is 2.29. The van der Waals surface area contributed by atoms with Gasteiger partial charge in [-0.15, -0.1) is 0 Å². The summed E-state index contributed by atoms with van der Waals surface area (Å²) >= 11 is 9.41. The fourth-order valence-electron chi connectivity index (χ4n) is 1.76. The third kappa shape index (κ3) is 3.68. The molecule has 0 aliphatic rings. The van der Waals surface area contributed by atoms with Crippen LogP contribution in [0.4, 0.5) is 5.69 Å². The van der Waals surface area contributed by atoms with Crippen molar-refractivity contribution in [3.63, 3.8) is 0 Å².